The zero-order valence-electron chi connectivity index (χ0n) is 7.57. The van der Waals surface area contributed by atoms with Crippen LogP contribution in [0.5, 0.6) is 0 Å². The van der Waals surface area contributed by atoms with E-state index in [0.717, 1.165) is 10.2 Å². The Bertz CT molecular complexity index is 611. The molecular weight excluding hydrogens is 198 g/mol. The molecule has 72 valence electrons. The van der Waals surface area contributed by atoms with E-state index >= 15 is 0 Å². The summed E-state index contributed by atoms with van der Waals surface area (Å²) in [6, 6.07) is 5.52. The minimum atomic E-state index is -0.271. The van der Waals surface area contributed by atoms with Crippen molar-refractivity contribution in [2.45, 2.75) is 6.92 Å². The molecule has 0 aliphatic heterocycles. The Balaban J connectivity index is 3.07. The summed E-state index contributed by atoms with van der Waals surface area (Å²) in [4.78, 5) is 14.5. The Kier molecular flexibility index (Phi) is 1.89. The van der Waals surface area contributed by atoms with Crippen LogP contribution in [0.15, 0.2) is 23.0 Å². The van der Waals surface area contributed by atoms with Crippen LogP contribution < -0.4 is 11.4 Å². The molecule has 1 aromatic carbocycles. The van der Waals surface area contributed by atoms with Crippen molar-refractivity contribution in [3.63, 3.8) is 0 Å². The van der Waals surface area contributed by atoms with E-state index in [-0.39, 0.29) is 10.3 Å². The van der Waals surface area contributed by atoms with E-state index < -0.39 is 0 Å². The maximum absolute atomic E-state index is 11.7. The summed E-state index contributed by atoms with van der Waals surface area (Å²) in [6.45, 7) is 1.92. The minimum Gasteiger partial charge on any atom is -0.334 e. The van der Waals surface area contributed by atoms with Crippen LogP contribution in [0.4, 0.5) is 0 Å². The first-order chi connectivity index (χ1) is 6.59. The van der Waals surface area contributed by atoms with Crippen LogP contribution in [0.25, 0.3) is 10.9 Å². The summed E-state index contributed by atoms with van der Waals surface area (Å²) in [5, 5.41) is 0.557. The van der Waals surface area contributed by atoms with Crippen LogP contribution in [0.1, 0.15) is 5.56 Å². The van der Waals surface area contributed by atoms with E-state index in [2.05, 4.69) is 4.98 Å². The van der Waals surface area contributed by atoms with Crippen LogP contribution in [-0.4, -0.2) is 9.66 Å². The van der Waals surface area contributed by atoms with Gasteiger partial charge in [0.15, 0.2) is 4.77 Å². The van der Waals surface area contributed by atoms with Crippen molar-refractivity contribution in [2.75, 3.05) is 5.84 Å². The van der Waals surface area contributed by atoms with E-state index in [1.54, 1.807) is 6.07 Å². The van der Waals surface area contributed by atoms with Gasteiger partial charge in [-0.15, -0.1) is 0 Å². The molecule has 0 aliphatic rings. The number of H-pyrrole nitrogens is 1. The molecule has 14 heavy (non-hydrogen) atoms. The van der Waals surface area contributed by atoms with Crippen molar-refractivity contribution < 1.29 is 0 Å². The van der Waals surface area contributed by atoms with Crippen molar-refractivity contribution in [3.8, 4) is 0 Å². The number of hydrogen-bond donors (Lipinski definition) is 2. The number of nitrogens with one attached hydrogen (secondary N) is 1. The highest BCUT2D eigenvalue weighted by molar-refractivity contribution is 7.71. The lowest BCUT2D eigenvalue weighted by molar-refractivity contribution is 0.892. The molecule has 0 unspecified atom stereocenters. The second kappa shape index (κ2) is 2.95. The van der Waals surface area contributed by atoms with Crippen molar-refractivity contribution in [3.05, 3.63) is 38.9 Å². The number of aromatic amines is 1. The SMILES string of the molecule is Cc1ccc2[nH]c(=S)n(N)c(=O)c2c1. The third kappa shape index (κ3) is 1.22. The molecule has 3 N–H and O–H groups in total. The van der Waals surface area contributed by atoms with E-state index in [1.165, 1.54) is 0 Å². The number of fused-ring (bicyclic) bond motifs is 1. The van der Waals surface area contributed by atoms with Crippen molar-refractivity contribution in [2.24, 2.45) is 0 Å². The zero-order valence-corrected chi connectivity index (χ0v) is 8.39. The maximum atomic E-state index is 11.7. The van der Waals surface area contributed by atoms with E-state index in [4.69, 9.17) is 18.1 Å². The molecule has 2 aromatic rings. The van der Waals surface area contributed by atoms with E-state index in [0.29, 0.717) is 10.9 Å². The standard InChI is InChI=1S/C9H9N3OS/c1-5-2-3-7-6(4-5)8(13)12(10)9(14)11-7/h2-4H,10H2,1H3,(H,11,14). The van der Waals surface area contributed by atoms with Gasteiger partial charge in [0.1, 0.15) is 0 Å². The summed E-state index contributed by atoms with van der Waals surface area (Å²) in [7, 11) is 0. The monoisotopic (exact) mass is 207 g/mol. The molecule has 0 atom stereocenters. The van der Waals surface area contributed by atoms with Gasteiger partial charge in [0.25, 0.3) is 5.56 Å². The number of nitrogen functional groups attached to an aromatic ring is 1. The number of benzene rings is 1. The zero-order chi connectivity index (χ0) is 10.3. The van der Waals surface area contributed by atoms with Gasteiger partial charge in [-0.25, -0.2) is 0 Å². The molecule has 1 heterocycles. The molecule has 1 aromatic heterocycles. The van der Waals surface area contributed by atoms with Gasteiger partial charge in [-0.3, -0.25) is 4.79 Å². The highest BCUT2D eigenvalue weighted by Crippen LogP contribution is 2.08. The fraction of sp³-hybridized carbons (Fsp3) is 0.111. The number of aromatic nitrogens is 2. The summed E-state index contributed by atoms with van der Waals surface area (Å²) in [5.41, 5.74) is 1.46. The van der Waals surface area contributed by atoms with Gasteiger partial charge in [0, 0.05) is 0 Å². The van der Waals surface area contributed by atoms with Gasteiger partial charge < -0.3 is 10.8 Å². The van der Waals surface area contributed by atoms with Crippen molar-refractivity contribution in [1.29, 1.82) is 0 Å². The van der Waals surface area contributed by atoms with Crippen LogP contribution >= 0.6 is 12.2 Å². The second-order valence-corrected chi connectivity index (χ2v) is 3.54. The van der Waals surface area contributed by atoms with Crippen LogP contribution in [-0.2, 0) is 0 Å². The fourth-order valence-electron chi connectivity index (χ4n) is 1.34. The average Bonchev–Trinajstić information content (AvgIpc) is 2.16. The van der Waals surface area contributed by atoms with E-state index in [9.17, 15) is 4.79 Å². The van der Waals surface area contributed by atoms with Crippen molar-refractivity contribution in [1.82, 2.24) is 9.66 Å². The van der Waals surface area contributed by atoms with Gasteiger partial charge in [-0.05, 0) is 31.3 Å². The summed E-state index contributed by atoms with van der Waals surface area (Å²) in [5.74, 6) is 5.47. The first-order valence-corrected chi connectivity index (χ1v) is 4.51. The molecule has 2 rings (SSSR count). The van der Waals surface area contributed by atoms with Crippen molar-refractivity contribution >= 4 is 23.1 Å². The first-order valence-electron chi connectivity index (χ1n) is 4.10. The summed E-state index contributed by atoms with van der Waals surface area (Å²) >= 11 is 4.88. The Labute approximate surface area is 85.0 Å². The Morgan fingerprint density at radius 3 is 2.93 bits per heavy atom. The highest BCUT2D eigenvalue weighted by atomic mass is 32.1. The summed E-state index contributed by atoms with van der Waals surface area (Å²) in [6.07, 6.45) is 0. The molecule has 0 fully saturated rings. The number of nitrogens with zero attached hydrogens (tertiary/aromatic N) is 1. The lowest BCUT2D eigenvalue weighted by Crippen LogP contribution is -2.28. The Morgan fingerprint density at radius 1 is 1.50 bits per heavy atom. The minimum absolute atomic E-state index is 0.228. The Morgan fingerprint density at radius 2 is 2.21 bits per heavy atom. The highest BCUT2D eigenvalue weighted by Gasteiger charge is 2.02. The van der Waals surface area contributed by atoms with Crippen LogP contribution in [0.2, 0.25) is 0 Å². The lowest BCUT2D eigenvalue weighted by Gasteiger charge is -2.02. The molecule has 0 aliphatic carbocycles. The predicted molar refractivity (Wildman–Crippen MR) is 58.3 cm³/mol. The molecule has 0 spiro atoms. The first kappa shape index (κ1) is 8.96. The smallest absolute Gasteiger partial charge is 0.280 e. The number of aryl methyl sites for hydroxylation is 1. The molecule has 0 amide bonds. The largest absolute Gasteiger partial charge is 0.334 e. The molecule has 0 saturated carbocycles. The topological polar surface area (TPSA) is 63.8 Å². The van der Waals surface area contributed by atoms with Gasteiger partial charge in [-0.2, -0.15) is 4.68 Å². The summed E-state index contributed by atoms with van der Waals surface area (Å²) < 4.78 is 1.17. The number of hydrogen-bond acceptors (Lipinski definition) is 3. The molecule has 5 heteroatoms. The van der Waals surface area contributed by atoms with Gasteiger partial charge in [0.2, 0.25) is 0 Å². The van der Waals surface area contributed by atoms with Crippen LogP contribution in [0, 0.1) is 11.7 Å². The lowest BCUT2D eigenvalue weighted by atomic mass is 10.2. The third-order valence-corrected chi connectivity index (χ3v) is 2.38. The quantitative estimate of drug-likeness (QED) is 0.502. The predicted octanol–water partition coefficient (Wildman–Crippen LogP) is 1.08. The normalized spacial score (nSPS) is 10.6. The molecule has 0 saturated heterocycles. The molecular formula is C9H9N3OS. The second-order valence-electron chi connectivity index (χ2n) is 3.15. The molecule has 0 radical (unpaired) electrons. The molecule has 4 nitrogen and oxygen atoms in total. The maximum Gasteiger partial charge on any atom is 0.280 e. The van der Waals surface area contributed by atoms with Gasteiger partial charge in [0.05, 0.1) is 10.9 Å². The van der Waals surface area contributed by atoms with Gasteiger partial charge in [-0.1, -0.05) is 11.6 Å². The van der Waals surface area contributed by atoms with E-state index in [1.807, 2.05) is 19.1 Å². The third-order valence-electron chi connectivity index (χ3n) is 2.08. The number of nitrogens with two attached hydrogens (primary N) is 1. The van der Waals surface area contributed by atoms with Gasteiger partial charge >= 0.3 is 0 Å². The average molecular weight is 207 g/mol. The Hall–Kier alpha value is -1.62. The van der Waals surface area contributed by atoms with Crippen LogP contribution in [0.3, 0.4) is 0 Å². The number of rotatable bonds is 0. The fourth-order valence-corrected chi connectivity index (χ4v) is 1.53. The molecule has 0 bridgehead atoms.